The third kappa shape index (κ3) is 2.23. The van der Waals surface area contributed by atoms with Gasteiger partial charge in [0.1, 0.15) is 0 Å². The summed E-state index contributed by atoms with van der Waals surface area (Å²) in [5.41, 5.74) is 1.04. The number of benzene rings is 1. The zero-order valence-electron chi connectivity index (χ0n) is 8.89. The second kappa shape index (κ2) is 4.63. The van der Waals surface area contributed by atoms with Gasteiger partial charge < -0.3 is 15.5 Å². The van der Waals surface area contributed by atoms with E-state index in [1.54, 1.807) is 12.1 Å². The van der Waals surface area contributed by atoms with E-state index in [1.165, 1.54) is 12.1 Å². The molecule has 1 fully saturated rings. The fraction of sp³-hybridized carbons (Fsp3) is 0.417. The number of nitrogens with one attached hydrogen (secondary N) is 1. The minimum atomic E-state index is -0.941. The van der Waals surface area contributed by atoms with Crippen LogP contribution in [0.3, 0.4) is 0 Å². The van der Waals surface area contributed by atoms with Crippen LogP contribution in [0, 0.1) is 5.92 Å². The molecule has 1 aliphatic rings. The highest BCUT2D eigenvalue weighted by Gasteiger charge is 2.24. The molecule has 0 bridgehead atoms. The normalized spacial score (nSPS) is 21.9. The van der Waals surface area contributed by atoms with Crippen molar-refractivity contribution >= 4 is 5.97 Å². The van der Waals surface area contributed by atoms with Crippen LogP contribution in [0.4, 0.5) is 0 Å². The smallest absolute Gasteiger partial charge is 0.335 e. The van der Waals surface area contributed by atoms with E-state index in [0.717, 1.165) is 25.1 Å². The molecular formula is C12H15NO3. The average molecular weight is 221 g/mol. The number of carboxylic acid groups (broad SMARTS) is 1. The van der Waals surface area contributed by atoms with Crippen LogP contribution >= 0.6 is 0 Å². The minimum absolute atomic E-state index is 0.232. The molecule has 16 heavy (non-hydrogen) atoms. The van der Waals surface area contributed by atoms with Crippen LogP contribution < -0.4 is 5.32 Å². The van der Waals surface area contributed by atoms with Crippen molar-refractivity contribution in [3.63, 3.8) is 0 Å². The number of aliphatic hydroxyl groups excluding tert-OH is 1. The lowest BCUT2D eigenvalue weighted by Crippen LogP contribution is -2.16. The van der Waals surface area contributed by atoms with Crippen LogP contribution in [0.1, 0.15) is 28.4 Å². The van der Waals surface area contributed by atoms with Crippen molar-refractivity contribution in [1.29, 1.82) is 0 Å². The first kappa shape index (κ1) is 11.1. The van der Waals surface area contributed by atoms with Crippen molar-refractivity contribution in [2.45, 2.75) is 12.5 Å². The van der Waals surface area contributed by atoms with Gasteiger partial charge in [-0.1, -0.05) is 12.1 Å². The Kier molecular flexibility index (Phi) is 3.22. The Hall–Kier alpha value is -1.39. The fourth-order valence-electron chi connectivity index (χ4n) is 2.04. The van der Waals surface area contributed by atoms with E-state index in [-0.39, 0.29) is 11.5 Å². The minimum Gasteiger partial charge on any atom is -0.478 e. The molecule has 0 radical (unpaired) electrons. The Labute approximate surface area is 93.9 Å². The summed E-state index contributed by atoms with van der Waals surface area (Å²) < 4.78 is 0. The van der Waals surface area contributed by atoms with Gasteiger partial charge in [-0.2, -0.15) is 0 Å². The highest BCUT2D eigenvalue weighted by Crippen LogP contribution is 2.26. The average Bonchev–Trinajstić information content (AvgIpc) is 2.81. The van der Waals surface area contributed by atoms with Gasteiger partial charge in [0.15, 0.2) is 0 Å². The molecule has 1 heterocycles. The van der Waals surface area contributed by atoms with Crippen LogP contribution in [-0.2, 0) is 0 Å². The van der Waals surface area contributed by atoms with Gasteiger partial charge in [-0.25, -0.2) is 4.79 Å². The molecule has 0 aromatic heterocycles. The van der Waals surface area contributed by atoms with Gasteiger partial charge in [0.2, 0.25) is 0 Å². The van der Waals surface area contributed by atoms with Gasteiger partial charge in [0.25, 0.3) is 0 Å². The molecule has 2 unspecified atom stereocenters. The van der Waals surface area contributed by atoms with Gasteiger partial charge in [-0.15, -0.1) is 0 Å². The molecule has 0 saturated carbocycles. The molecule has 4 heteroatoms. The number of rotatable bonds is 3. The van der Waals surface area contributed by atoms with Crippen molar-refractivity contribution < 1.29 is 15.0 Å². The van der Waals surface area contributed by atoms with E-state index in [9.17, 15) is 9.90 Å². The second-order valence-electron chi connectivity index (χ2n) is 4.12. The Balaban J connectivity index is 2.11. The van der Waals surface area contributed by atoms with Gasteiger partial charge in [-0.05, 0) is 30.7 Å². The van der Waals surface area contributed by atoms with Gasteiger partial charge in [0.05, 0.1) is 11.7 Å². The summed E-state index contributed by atoms with van der Waals surface area (Å²) in [5, 5.41) is 22.0. The summed E-state index contributed by atoms with van der Waals surface area (Å²) in [6, 6.07) is 6.44. The monoisotopic (exact) mass is 221 g/mol. The van der Waals surface area contributed by atoms with Crippen LogP contribution in [0.5, 0.6) is 0 Å². The fourth-order valence-corrected chi connectivity index (χ4v) is 2.04. The van der Waals surface area contributed by atoms with E-state index in [0.29, 0.717) is 0 Å². The molecule has 86 valence electrons. The summed E-state index contributed by atoms with van der Waals surface area (Å²) in [5.74, 6) is -0.709. The quantitative estimate of drug-likeness (QED) is 0.713. The summed E-state index contributed by atoms with van der Waals surface area (Å²) in [6.45, 7) is 1.76. The number of aromatic carboxylic acids is 1. The first-order chi connectivity index (χ1) is 7.68. The van der Waals surface area contributed by atoms with Gasteiger partial charge in [-0.3, -0.25) is 0 Å². The molecule has 1 aliphatic heterocycles. The maximum Gasteiger partial charge on any atom is 0.335 e. The highest BCUT2D eigenvalue weighted by molar-refractivity contribution is 5.87. The van der Waals surface area contributed by atoms with E-state index in [1.807, 2.05) is 0 Å². The second-order valence-corrected chi connectivity index (χ2v) is 4.12. The molecule has 1 aromatic carbocycles. The Morgan fingerprint density at radius 3 is 2.56 bits per heavy atom. The molecule has 2 rings (SSSR count). The first-order valence-corrected chi connectivity index (χ1v) is 5.40. The first-order valence-electron chi connectivity index (χ1n) is 5.40. The SMILES string of the molecule is O=C(O)c1ccc(C(O)C2CCNC2)cc1. The standard InChI is InChI=1S/C12H15NO3/c14-11(10-5-6-13-7-10)8-1-3-9(4-2-8)12(15)16/h1-4,10-11,13-14H,5-7H2,(H,15,16). The molecule has 0 spiro atoms. The summed E-state index contributed by atoms with van der Waals surface area (Å²) >= 11 is 0. The number of carboxylic acids is 1. The lowest BCUT2D eigenvalue weighted by molar-refractivity contribution is 0.0696. The van der Waals surface area contributed by atoms with E-state index in [4.69, 9.17) is 5.11 Å². The maximum atomic E-state index is 10.7. The third-order valence-corrected chi connectivity index (χ3v) is 3.04. The lowest BCUT2D eigenvalue weighted by atomic mass is 9.94. The van der Waals surface area contributed by atoms with Crippen LogP contribution in [0.15, 0.2) is 24.3 Å². The van der Waals surface area contributed by atoms with Crippen LogP contribution in [-0.4, -0.2) is 29.3 Å². The molecule has 2 atom stereocenters. The predicted octanol–water partition coefficient (Wildman–Crippen LogP) is 1.03. The highest BCUT2D eigenvalue weighted by atomic mass is 16.4. The summed E-state index contributed by atoms with van der Waals surface area (Å²) in [6.07, 6.45) is 0.458. The largest absolute Gasteiger partial charge is 0.478 e. The van der Waals surface area contributed by atoms with Crippen molar-refractivity contribution in [2.24, 2.45) is 5.92 Å². The molecular weight excluding hydrogens is 206 g/mol. The summed E-state index contributed by atoms with van der Waals surface area (Å²) in [7, 11) is 0. The topological polar surface area (TPSA) is 69.6 Å². The van der Waals surface area contributed by atoms with E-state index in [2.05, 4.69) is 5.32 Å². The number of hydrogen-bond acceptors (Lipinski definition) is 3. The van der Waals surface area contributed by atoms with E-state index >= 15 is 0 Å². The Morgan fingerprint density at radius 2 is 2.06 bits per heavy atom. The number of aliphatic hydroxyl groups is 1. The molecule has 0 amide bonds. The number of carbonyl (C=O) groups is 1. The van der Waals surface area contributed by atoms with Crippen molar-refractivity contribution in [3.05, 3.63) is 35.4 Å². The van der Waals surface area contributed by atoms with Crippen LogP contribution in [0.25, 0.3) is 0 Å². The van der Waals surface area contributed by atoms with Gasteiger partial charge in [0, 0.05) is 12.5 Å². The Bertz CT molecular complexity index is 368. The van der Waals surface area contributed by atoms with Crippen molar-refractivity contribution in [3.8, 4) is 0 Å². The molecule has 4 nitrogen and oxygen atoms in total. The molecule has 0 aliphatic carbocycles. The maximum absolute atomic E-state index is 10.7. The Morgan fingerprint density at radius 1 is 1.38 bits per heavy atom. The molecule has 3 N–H and O–H groups in total. The van der Waals surface area contributed by atoms with Crippen molar-refractivity contribution in [1.82, 2.24) is 5.32 Å². The van der Waals surface area contributed by atoms with Crippen LogP contribution in [0.2, 0.25) is 0 Å². The predicted molar refractivity (Wildman–Crippen MR) is 59.3 cm³/mol. The van der Waals surface area contributed by atoms with Gasteiger partial charge >= 0.3 is 5.97 Å². The third-order valence-electron chi connectivity index (χ3n) is 3.04. The van der Waals surface area contributed by atoms with E-state index < -0.39 is 12.1 Å². The zero-order valence-corrected chi connectivity index (χ0v) is 8.89. The zero-order chi connectivity index (χ0) is 11.5. The lowest BCUT2D eigenvalue weighted by Gasteiger charge is -2.17. The summed E-state index contributed by atoms with van der Waals surface area (Å²) in [4.78, 5) is 10.7. The van der Waals surface area contributed by atoms with Crippen molar-refractivity contribution in [2.75, 3.05) is 13.1 Å². The number of hydrogen-bond donors (Lipinski definition) is 3. The molecule has 1 saturated heterocycles. The molecule has 1 aromatic rings.